The Labute approximate surface area is 104 Å². The number of carboxylic acid groups (broad SMARTS) is 1. The first kappa shape index (κ1) is 12.2. The average Bonchev–Trinajstić information content (AvgIpc) is 2.36. The molecule has 18 heavy (non-hydrogen) atoms. The molecule has 0 fully saturated rings. The van der Waals surface area contributed by atoms with Crippen molar-refractivity contribution in [1.29, 1.82) is 0 Å². The minimum absolute atomic E-state index is 0.0398. The van der Waals surface area contributed by atoms with Crippen LogP contribution in [0.25, 0.3) is 0 Å². The largest absolute Gasteiger partial charge is 0.488 e. The minimum Gasteiger partial charge on any atom is -0.488 e. The van der Waals surface area contributed by atoms with Crippen LogP contribution >= 0.6 is 0 Å². The monoisotopic (exact) mass is 251 g/mol. The van der Waals surface area contributed by atoms with Gasteiger partial charge in [-0.05, 0) is 12.1 Å². The number of hydrogen-bond donors (Lipinski definition) is 2. The van der Waals surface area contributed by atoms with E-state index in [9.17, 15) is 9.59 Å². The molecule has 0 saturated carbocycles. The first-order valence-electron chi connectivity index (χ1n) is 5.44. The number of anilines is 1. The van der Waals surface area contributed by atoms with Crippen molar-refractivity contribution < 1.29 is 24.2 Å². The van der Waals surface area contributed by atoms with E-state index in [1.165, 1.54) is 7.11 Å². The van der Waals surface area contributed by atoms with Gasteiger partial charge in [0.05, 0.1) is 25.3 Å². The van der Waals surface area contributed by atoms with Crippen LogP contribution in [-0.4, -0.2) is 36.8 Å². The molecule has 1 aliphatic rings. The number of carbonyl (C=O) groups is 2. The van der Waals surface area contributed by atoms with Crippen LogP contribution in [0.3, 0.4) is 0 Å². The van der Waals surface area contributed by atoms with Gasteiger partial charge in [0.25, 0.3) is 0 Å². The molecule has 1 aromatic rings. The molecule has 0 radical (unpaired) electrons. The van der Waals surface area contributed by atoms with Crippen molar-refractivity contribution in [1.82, 2.24) is 0 Å². The van der Waals surface area contributed by atoms with E-state index in [1.54, 1.807) is 18.2 Å². The Balaban J connectivity index is 2.24. The van der Waals surface area contributed by atoms with Crippen molar-refractivity contribution >= 4 is 17.6 Å². The lowest BCUT2D eigenvalue weighted by molar-refractivity contribution is -0.137. The van der Waals surface area contributed by atoms with Gasteiger partial charge in [-0.15, -0.1) is 0 Å². The number of para-hydroxylation sites is 1. The molecule has 0 aliphatic carbocycles. The predicted molar refractivity (Wildman–Crippen MR) is 62.9 cm³/mol. The van der Waals surface area contributed by atoms with E-state index in [0.29, 0.717) is 17.0 Å². The van der Waals surface area contributed by atoms with Crippen molar-refractivity contribution in [2.75, 3.05) is 19.0 Å². The Kier molecular flexibility index (Phi) is 3.36. The molecule has 1 aromatic carbocycles. The first-order valence-corrected chi connectivity index (χ1v) is 5.44. The summed E-state index contributed by atoms with van der Waals surface area (Å²) in [6, 6.07) is 4.72. The molecule has 1 heterocycles. The standard InChI is InChI=1S/C12H13NO5/c1-17-12(16)8-3-2-4-9-11(8)18-6-7(13-9)5-10(14)15/h2-4,7,13H,5-6H2,1H3,(H,14,15). The predicted octanol–water partition coefficient (Wildman–Crippen LogP) is 1.12. The summed E-state index contributed by atoms with van der Waals surface area (Å²) >= 11 is 0. The van der Waals surface area contributed by atoms with Crippen molar-refractivity contribution in [3.8, 4) is 5.75 Å². The third kappa shape index (κ3) is 2.37. The third-order valence-corrected chi connectivity index (χ3v) is 2.63. The molecule has 2 rings (SSSR count). The molecule has 1 atom stereocenters. The number of hydrogen-bond acceptors (Lipinski definition) is 5. The number of fused-ring (bicyclic) bond motifs is 1. The maximum absolute atomic E-state index is 11.5. The lowest BCUT2D eigenvalue weighted by Gasteiger charge is -2.27. The third-order valence-electron chi connectivity index (χ3n) is 2.63. The fourth-order valence-electron chi connectivity index (χ4n) is 1.84. The van der Waals surface area contributed by atoms with E-state index in [0.717, 1.165) is 0 Å². The SMILES string of the molecule is COC(=O)c1cccc2c1OCC(CC(=O)O)N2. The normalized spacial score (nSPS) is 17.1. The van der Waals surface area contributed by atoms with E-state index in [-0.39, 0.29) is 19.1 Å². The van der Waals surface area contributed by atoms with E-state index in [2.05, 4.69) is 10.1 Å². The summed E-state index contributed by atoms with van der Waals surface area (Å²) in [5.74, 6) is -0.972. The fourth-order valence-corrected chi connectivity index (χ4v) is 1.84. The summed E-state index contributed by atoms with van der Waals surface area (Å²) in [6.45, 7) is 0.202. The Morgan fingerprint density at radius 3 is 3.00 bits per heavy atom. The number of benzene rings is 1. The quantitative estimate of drug-likeness (QED) is 0.783. The van der Waals surface area contributed by atoms with Crippen LogP contribution in [0.15, 0.2) is 18.2 Å². The lowest BCUT2D eigenvalue weighted by Crippen LogP contribution is -2.34. The van der Waals surface area contributed by atoms with Crippen molar-refractivity contribution in [3.05, 3.63) is 23.8 Å². The van der Waals surface area contributed by atoms with Crippen LogP contribution in [0.5, 0.6) is 5.75 Å². The highest BCUT2D eigenvalue weighted by Crippen LogP contribution is 2.33. The highest BCUT2D eigenvalue weighted by Gasteiger charge is 2.25. The first-order chi connectivity index (χ1) is 8.61. The Hall–Kier alpha value is -2.24. The van der Waals surface area contributed by atoms with Crippen molar-refractivity contribution in [2.45, 2.75) is 12.5 Å². The molecule has 0 bridgehead atoms. The summed E-state index contributed by atoms with van der Waals surface area (Å²) in [5, 5.41) is 11.8. The smallest absolute Gasteiger partial charge is 0.341 e. The van der Waals surface area contributed by atoms with Gasteiger partial charge in [0.1, 0.15) is 12.2 Å². The fraction of sp³-hybridized carbons (Fsp3) is 0.333. The Bertz CT molecular complexity index is 485. The van der Waals surface area contributed by atoms with Crippen LogP contribution in [0, 0.1) is 0 Å². The zero-order chi connectivity index (χ0) is 13.1. The highest BCUT2D eigenvalue weighted by molar-refractivity contribution is 5.95. The van der Waals surface area contributed by atoms with E-state index in [4.69, 9.17) is 9.84 Å². The van der Waals surface area contributed by atoms with Gasteiger partial charge >= 0.3 is 11.9 Å². The number of esters is 1. The van der Waals surface area contributed by atoms with E-state index in [1.807, 2.05) is 0 Å². The number of aliphatic carboxylic acids is 1. The second-order valence-corrected chi connectivity index (χ2v) is 3.92. The van der Waals surface area contributed by atoms with Crippen LogP contribution in [0.2, 0.25) is 0 Å². The lowest BCUT2D eigenvalue weighted by atomic mass is 10.1. The molecule has 0 spiro atoms. The van der Waals surface area contributed by atoms with Crippen LogP contribution < -0.4 is 10.1 Å². The molecule has 1 aliphatic heterocycles. The van der Waals surface area contributed by atoms with Gasteiger partial charge in [-0.3, -0.25) is 4.79 Å². The second kappa shape index (κ2) is 4.95. The molecular formula is C12H13NO5. The number of rotatable bonds is 3. The van der Waals surface area contributed by atoms with Crippen molar-refractivity contribution in [3.63, 3.8) is 0 Å². The van der Waals surface area contributed by atoms with E-state index < -0.39 is 11.9 Å². The van der Waals surface area contributed by atoms with Gasteiger partial charge in [-0.2, -0.15) is 0 Å². The molecule has 0 saturated heterocycles. The topological polar surface area (TPSA) is 84.9 Å². The minimum atomic E-state index is -0.899. The summed E-state index contributed by atoms with van der Waals surface area (Å²) in [6.07, 6.45) is -0.0398. The number of carbonyl (C=O) groups excluding carboxylic acids is 1. The van der Waals surface area contributed by atoms with Gasteiger partial charge in [0, 0.05) is 0 Å². The molecule has 0 amide bonds. The summed E-state index contributed by atoms with van der Waals surface area (Å²) < 4.78 is 10.1. The van der Waals surface area contributed by atoms with Crippen LogP contribution in [0.4, 0.5) is 5.69 Å². The maximum atomic E-state index is 11.5. The van der Waals surface area contributed by atoms with Crippen LogP contribution in [0.1, 0.15) is 16.8 Å². The Morgan fingerprint density at radius 2 is 2.33 bits per heavy atom. The maximum Gasteiger partial charge on any atom is 0.341 e. The average molecular weight is 251 g/mol. The van der Waals surface area contributed by atoms with Gasteiger partial charge in [-0.25, -0.2) is 4.79 Å². The second-order valence-electron chi connectivity index (χ2n) is 3.92. The number of methoxy groups -OCH3 is 1. The van der Waals surface area contributed by atoms with Gasteiger partial charge in [-0.1, -0.05) is 6.07 Å². The number of carboxylic acids is 1. The summed E-state index contributed by atoms with van der Waals surface area (Å²) in [4.78, 5) is 22.2. The van der Waals surface area contributed by atoms with Gasteiger partial charge < -0.3 is 19.9 Å². The molecule has 6 nitrogen and oxygen atoms in total. The molecular weight excluding hydrogens is 238 g/mol. The molecule has 0 aromatic heterocycles. The summed E-state index contributed by atoms with van der Waals surface area (Å²) in [7, 11) is 1.30. The van der Waals surface area contributed by atoms with E-state index >= 15 is 0 Å². The molecule has 2 N–H and O–H groups in total. The zero-order valence-electron chi connectivity index (χ0n) is 9.80. The number of nitrogens with one attached hydrogen (secondary N) is 1. The number of ether oxygens (including phenoxy) is 2. The highest BCUT2D eigenvalue weighted by atomic mass is 16.5. The molecule has 96 valence electrons. The molecule has 6 heteroatoms. The van der Waals surface area contributed by atoms with Gasteiger partial charge in [0.2, 0.25) is 0 Å². The molecule has 1 unspecified atom stereocenters. The summed E-state index contributed by atoms with van der Waals surface area (Å²) in [5.41, 5.74) is 0.937. The van der Waals surface area contributed by atoms with Crippen molar-refractivity contribution in [2.24, 2.45) is 0 Å². The van der Waals surface area contributed by atoms with Crippen LogP contribution in [-0.2, 0) is 9.53 Å². The van der Waals surface area contributed by atoms with Gasteiger partial charge in [0.15, 0.2) is 5.75 Å². The Morgan fingerprint density at radius 1 is 1.56 bits per heavy atom. The zero-order valence-corrected chi connectivity index (χ0v) is 9.80.